The fourth-order valence-electron chi connectivity index (χ4n) is 2.55. The van der Waals surface area contributed by atoms with Crippen molar-refractivity contribution in [1.29, 1.82) is 0 Å². The number of furan rings is 1. The largest absolute Gasteiger partial charge is 0.460 e. The second-order valence-electron chi connectivity index (χ2n) is 5.14. The molecule has 1 aliphatic heterocycles. The first kappa shape index (κ1) is 12.2. The molecule has 1 fully saturated rings. The van der Waals surface area contributed by atoms with Crippen LogP contribution in [0.2, 0.25) is 0 Å². The number of carbonyl (C=O) groups is 1. The zero-order valence-electron chi connectivity index (χ0n) is 11.1. The van der Waals surface area contributed by atoms with Crippen molar-refractivity contribution in [2.45, 2.75) is 25.4 Å². The predicted molar refractivity (Wildman–Crippen MR) is 73.7 cm³/mol. The van der Waals surface area contributed by atoms with Crippen molar-refractivity contribution in [3.63, 3.8) is 0 Å². The van der Waals surface area contributed by atoms with Crippen LogP contribution in [0.4, 0.5) is 0 Å². The highest BCUT2D eigenvalue weighted by Gasteiger charge is 2.22. The van der Waals surface area contributed by atoms with Crippen molar-refractivity contribution in [3.8, 4) is 0 Å². The molecule has 1 atom stereocenters. The smallest absolute Gasteiger partial charge is 0.222 e. The first-order valence-corrected chi connectivity index (χ1v) is 6.67. The van der Waals surface area contributed by atoms with Crippen LogP contribution in [0.25, 0.3) is 11.0 Å². The highest BCUT2D eigenvalue weighted by Crippen LogP contribution is 2.19. The van der Waals surface area contributed by atoms with Crippen LogP contribution in [-0.4, -0.2) is 30.4 Å². The molecule has 1 aromatic heterocycles. The molecule has 2 heterocycles. The fourth-order valence-corrected chi connectivity index (χ4v) is 2.55. The number of para-hydroxylation sites is 1. The number of likely N-dealkylation sites (tertiary alicyclic amines) is 1. The maximum Gasteiger partial charge on any atom is 0.222 e. The molecule has 1 aromatic carbocycles. The van der Waals surface area contributed by atoms with Crippen molar-refractivity contribution >= 4 is 16.9 Å². The van der Waals surface area contributed by atoms with Crippen LogP contribution in [0.5, 0.6) is 0 Å². The molecular formula is C15H18N2O2. The number of piperidine rings is 1. The van der Waals surface area contributed by atoms with Gasteiger partial charge in [0.05, 0.1) is 6.54 Å². The molecule has 2 aromatic rings. The Kier molecular flexibility index (Phi) is 3.25. The Hall–Kier alpha value is -1.81. The Morgan fingerprint density at radius 1 is 1.42 bits per heavy atom. The van der Waals surface area contributed by atoms with Crippen LogP contribution in [0.15, 0.2) is 34.7 Å². The van der Waals surface area contributed by atoms with Gasteiger partial charge in [-0.1, -0.05) is 18.2 Å². The summed E-state index contributed by atoms with van der Waals surface area (Å²) in [4.78, 5) is 13.2. The van der Waals surface area contributed by atoms with Crippen molar-refractivity contribution < 1.29 is 9.21 Å². The number of fused-ring (bicyclic) bond motifs is 1. The Bertz CT molecular complexity index is 558. The molecule has 1 saturated heterocycles. The van der Waals surface area contributed by atoms with Gasteiger partial charge in [0.25, 0.3) is 0 Å². The van der Waals surface area contributed by atoms with E-state index in [1.165, 1.54) is 0 Å². The third kappa shape index (κ3) is 2.63. The van der Waals surface area contributed by atoms with Crippen LogP contribution in [-0.2, 0) is 11.3 Å². The summed E-state index contributed by atoms with van der Waals surface area (Å²) in [5, 5.41) is 4.60. The summed E-state index contributed by atoms with van der Waals surface area (Å²) in [6, 6.07) is 10.4. The zero-order valence-corrected chi connectivity index (χ0v) is 11.1. The molecule has 4 heteroatoms. The maximum atomic E-state index is 11.4. The lowest BCUT2D eigenvalue weighted by molar-refractivity contribution is -0.132. The average molecular weight is 258 g/mol. The lowest BCUT2D eigenvalue weighted by Crippen LogP contribution is -2.46. The van der Waals surface area contributed by atoms with Crippen LogP contribution >= 0.6 is 0 Å². The number of nitrogens with one attached hydrogen (secondary N) is 1. The number of benzene rings is 1. The second kappa shape index (κ2) is 5.05. The Morgan fingerprint density at radius 2 is 2.26 bits per heavy atom. The highest BCUT2D eigenvalue weighted by atomic mass is 16.3. The Labute approximate surface area is 112 Å². The first-order valence-electron chi connectivity index (χ1n) is 6.67. The van der Waals surface area contributed by atoms with Gasteiger partial charge >= 0.3 is 0 Å². The van der Waals surface area contributed by atoms with E-state index in [1.807, 2.05) is 25.2 Å². The zero-order chi connectivity index (χ0) is 13.2. The van der Waals surface area contributed by atoms with Crippen molar-refractivity contribution in [2.24, 2.45) is 0 Å². The molecule has 4 nitrogen and oxygen atoms in total. The number of rotatable bonds is 3. The lowest BCUT2D eigenvalue weighted by Gasteiger charge is -2.30. The summed E-state index contributed by atoms with van der Waals surface area (Å²) in [7, 11) is 1.86. The van der Waals surface area contributed by atoms with Gasteiger partial charge in [-0.15, -0.1) is 0 Å². The topological polar surface area (TPSA) is 45.5 Å². The van der Waals surface area contributed by atoms with E-state index in [4.69, 9.17) is 4.42 Å². The molecule has 0 aliphatic carbocycles. The number of likely N-dealkylation sites (N-methyl/N-ethyl adjacent to an activating group) is 1. The molecule has 0 spiro atoms. The monoisotopic (exact) mass is 258 g/mol. The van der Waals surface area contributed by atoms with E-state index in [-0.39, 0.29) is 5.91 Å². The van der Waals surface area contributed by atoms with Gasteiger partial charge in [-0.05, 0) is 18.6 Å². The summed E-state index contributed by atoms with van der Waals surface area (Å²) < 4.78 is 5.76. The Morgan fingerprint density at radius 3 is 3.05 bits per heavy atom. The van der Waals surface area contributed by atoms with Crippen LogP contribution < -0.4 is 5.32 Å². The third-order valence-corrected chi connectivity index (χ3v) is 3.67. The summed E-state index contributed by atoms with van der Waals surface area (Å²) in [5.41, 5.74) is 0.926. The average Bonchev–Trinajstić information content (AvgIpc) is 2.83. The van der Waals surface area contributed by atoms with Crippen molar-refractivity contribution in [2.75, 3.05) is 13.6 Å². The fraction of sp³-hybridized carbons (Fsp3) is 0.400. The summed E-state index contributed by atoms with van der Waals surface area (Å²) >= 11 is 0. The number of nitrogens with zero attached hydrogens (tertiary/aromatic N) is 1. The highest BCUT2D eigenvalue weighted by molar-refractivity contribution is 5.77. The number of hydrogen-bond acceptors (Lipinski definition) is 3. The SMILES string of the molecule is CN1CC(NCc2cc3ccccc3o2)CCC1=O. The summed E-state index contributed by atoms with van der Waals surface area (Å²) in [6.07, 6.45) is 1.54. The first-order chi connectivity index (χ1) is 9.22. The quantitative estimate of drug-likeness (QED) is 0.917. The molecule has 1 unspecified atom stereocenters. The van der Waals surface area contributed by atoms with Crippen LogP contribution in [0.3, 0.4) is 0 Å². The van der Waals surface area contributed by atoms with E-state index in [1.54, 1.807) is 4.90 Å². The second-order valence-corrected chi connectivity index (χ2v) is 5.14. The minimum atomic E-state index is 0.238. The number of hydrogen-bond donors (Lipinski definition) is 1. The summed E-state index contributed by atoms with van der Waals surface area (Å²) in [5.74, 6) is 1.18. The predicted octanol–water partition coefficient (Wildman–Crippen LogP) is 2.14. The summed E-state index contributed by atoms with van der Waals surface area (Å²) in [6.45, 7) is 1.49. The van der Waals surface area contributed by atoms with Gasteiger partial charge < -0.3 is 14.6 Å². The molecule has 1 N–H and O–H groups in total. The van der Waals surface area contributed by atoms with E-state index in [0.717, 1.165) is 29.7 Å². The van der Waals surface area contributed by atoms with Crippen molar-refractivity contribution in [1.82, 2.24) is 10.2 Å². The van der Waals surface area contributed by atoms with E-state index >= 15 is 0 Å². The molecule has 1 amide bonds. The molecule has 3 rings (SSSR count). The normalized spacial score (nSPS) is 20.2. The van der Waals surface area contributed by atoms with Gasteiger partial charge in [0.1, 0.15) is 11.3 Å². The molecule has 100 valence electrons. The molecule has 1 aliphatic rings. The van der Waals surface area contributed by atoms with E-state index in [2.05, 4.69) is 17.4 Å². The van der Waals surface area contributed by atoms with Crippen LogP contribution in [0.1, 0.15) is 18.6 Å². The van der Waals surface area contributed by atoms with Gasteiger partial charge in [-0.25, -0.2) is 0 Å². The van der Waals surface area contributed by atoms with Gasteiger partial charge in [0, 0.05) is 31.4 Å². The van der Waals surface area contributed by atoms with E-state index in [0.29, 0.717) is 19.0 Å². The van der Waals surface area contributed by atoms with E-state index in [9.17, 15) is 4.79 Å². The van der Waals surface area contributed by atoms with Gasteiger partial charge in [-0.2, -0.15) is 0 Å². The van der Waals surface area contributed by atoms with Gasteiger partial charge in [-0.3, -0.25) is 4.79 Å². The minimum Gasteiger partial charge on any atom is -0.460 e. The van der Waals surface area contributed by atoms with Gasteiger partial charge in [0.15, 0.2) is 0 Å². The number of amides is 1. The van der Waals surface area contributed by atoms with E-state index < -0.39 is 0 Å². The number of carbonyl (C=O) groups excluding carboxylic acids is 1. The minimum absolute atomic E-state index is 0.238. The third-order valence-electron chi connectivity index (χ3n) is 3.67. The molecular weight excluding hydrogens is 240 g/mol. The van der Waals surface area contributed by atoms with Gasteiger partial charge in [0.2, 0.25) is 5.91 Å². The molecule has 0 saturated carbocycles. The molecule has 19 heavy (non-hydrogen) atoms. The van der Waals surface area contributed by atoms with Crippen LogP contribution in [0, 0.1) is 0 Å². The lowest BCUT2D eigenvalue weighted by atomic mass is 10.1. The maximum absolute atomic E-state index is 11.4. The standard InChI is InChI=1S/C15H18N2O2/c1-17-10-12(6-7-15(17)18)16-9-13-8-11-4-2-3-5-14(11)19-13/h2-5,8,12,16H,6-7,9-10H2,1H3. The van der Waals surface area contributed by atoms with Crippen molar-refractivity contribution in [3.05, 3.63) is 36.1 Å². The molecule has 0 radical (unpaired) electrons. The molecule has 0 bridgehead atoms. The Balaban J connectivity index is 1.61.